The molecule has 0 saturated carbocycles. The Morgan fingerprint density at radius 1 is 1.22 bits per heavy atom. The normalized spacial score (nSPS) is 31.0. The van der Waals surface area contributed by atoms with Gasteiger partial charge in [0.25, 0.3) is 0 Å². The van der Waals surface area contributed by atoms with E-state index in [1.165, 1.54) is 11.9 Å². The molecule has 1 aromatic heterocycles. The number of rotatable bonds is 4. The van der Waals surface area contributed by atoms with E-state index < -0.39 is 37.3 Å². The minimum Gasteiger partial charge on any atom is -0.394 e. The van der Waals surface area contributed by atoms with Gasteiger partial charge in [0.05, 0.1) is 6.61 Å². The number of aromatic nitrogens is 2. The predicted molar refractivity (Wildman–Crippen MR) is 83.4 cm³/mol. The zero-order valence-electron chi connectivity index (χ0n) is 12.0. The average Bonchev–Trinajstić information content (AvgIpc) is 2.51. The van der Waals surface area contributed by atoms with Crippen LogP contribution < -0.4 is 4.90 Å². The molecule has 1 unspecified atom stereocenters. The van der Waals surface area contributed by atoms with Gasteiger partial charge in [0, 0.05) is 7.05 Å². The number of nitrogens with zero attached hydrogens (tertiary/aromatic N) is 4. The summed E-state index contributed by atoms with van der Waals surface area (Å²) >= 11 is 11.7. The number of anilines is 1. The van der Waals surface area contributed by atoms with Gasteiger partial charge in [-0.15, -0.1) is 0 Å². The van der Waals surface area contributed by atoms with Crippen LogP contribution in [0.5, 0.6) is 0 Å². The topological polar surface area (TPSA) is 132 Å². The van der Waals surface area contributed by atoms with Crippen molar-refractivity contribution in [2.75, 3.05) is 18.6 Å². The van der Waals surface area contributed by atoms with Crippen LogP contribution in [0.1, 0.15) is 0 Å². The van der Waals surface area contributed by atoms with Gasteiger partial charge in [-0.2, -0.15) is 4.98 Å². The number of aliphatic hydroxyl groups is 4. The fraction of sp³-hybridized carbons (Fsp3) is 0.583. The molecule has 1 aromatic rings. The maximum atomic E-state index is 10.1. The van der Waals surface area contributed by atoms with Crippen LogP contribution in [0.2, 0.25) is 10.4 Å². The Balaban J connectivity index is 2.39. The molecule has 0 aromatic carbocycles. The second-order valence-corrected chi connectivity index (χ2v) is 5.64. The van der Waals surface area contributed by atoms with Crippen molar-refractivity contribution in [1.82, 2.24) is 9.97 Å². The van der Waals surface area contributed by atoms with Crippen molar-refractivity contribution in [3.05, 3.63) is 10.4 Å². The summed E-state index contributed by atoms with van der Waals surface area (Å²) in [6, 6.07) is 0. The highest BCUT2D eigenvalue weighted by Gasteiger charge is 2.45. The Bertz CT molecular complexity index is 591. The van der Waals surface area contributed by atoms with Crippen LogP contribution in [-0.2, 0) is 4.74 Å². The Morgan fingerprint density at radius 3 is 2.43 bits per heavy atom. The van der Waals surface area contributed by atoms with Crippen LogP contribution in [0.3, 0.4) is 0 Å². The molecule has 2 rings (SSSR count). The second kappa shape index (κ2) is 7.22. The fourth-order valence-corrected chi connectivity index (χ4v) is 2.73. The first-order chi connectivity index (χ1) is 10.8. The van der Waals surface area contributed by atoms with Crippen molar-refractivity contribution in [2.45, 2.75) is 30.6 Å². The quantitative estimate of drug-likeness (QED) is 0.314. The number of hydrogen-bond donors (Lipinski definition) is 4. The number of aliphatic hydroxyl groups excluding tert-OH is 4. The molecule has 128 valence electrons. The lowest BCUT2D eigenvalue weighted by Gasteiger charge is -2.43. The van der Waals surface area contributed by atoms with E-state index in [0.29, 0.717) is 0 Å². The first kappa shape index (κ1) is 18.3. The van der Waals surface area contributed by atoms with E-state index in [2.05, 4.69) is 21.7 Å². The van der Waals surface area contributed by atoms with E-state index in [9.17, 15) is 20.4 Å². The molecule has 0 bridgehead atoms. The number of halogens is 2. The van der Waals surface area contributed by atoms with Crippen molar-refractivity contribution in [3.63, 3.8) is 0 Å². The number of ether oxygens (including phenoxy) is 1. The van der Waals surface area contributed by atoms with Gasteiger partial charge in [0.15, 0.2) is 17.2 Å². The summed E-state index contributed by atoms with van der Waals surface area (Å²) < 4.78 is 5.43. The summed E-state index contributed by atoms with van der Waals surface area (Å²) in [6.07, 6.45) is -6.68. The molecule has 1 aliphatic rings. The lowest BCUT2D eigenvalue weighted by Crippen LogP contribution is -2.62. The first-order valence-electron chi connectivity index (χ1n) is 6.55. The van der Waals surface area contributed by atoms with Crippen LogP contribution in [0.4, 0.5) is 11.5 Å². The fourth-order valence-electron chi connectivity index (χ4n) is 2.30. The van der Waals surface area contributed by atoms with Gasteiger partial charge in [-0.05, 0) is 18.3 Å². The van der Waals surface area contributed by atoms with E-state index in [4.69, 9.17) is 27.9 Å². The van der Waals surface area contributed by atoms with Gasteiger partial charge < -0.3 is 30.1 Å². The summed E-state index contributed by atoms with van der Waals surface area (Å²) in [5.74, 6) is 0.106. The van der Waals surface area contributed by atoms with E-state index >= 15 is 0 Å². The maximum Gasteiger partial charge on any atom is 0.225 e. The molecule has 11 heteroatoms. The summed E-state index contributed by atoms with van der Waals surface area (Å²) in [4.78, 5) is 12.7. The van der Waals surface area contributed by atoms with E-state index in [0.717, 1.165) is 0 Å². The number of hydrogen-bond acceptors (Lipinski definition) is 9. The molecule has 1 aliphatic heterocycles. The van der Waals surface area contributed by atoms with Crippen LogP contribution in [-0.4, -0.2) is 81.4 Å². The molecule has 4 N–H and O–H groups in total. The molecule has 0 aliphatic carbocycles. The Kier molecular flexibility index (Phi) is 5.74. The third-order valence-electron chi connectivity index (χ3n) is 3.54. The highest BCUT2D eigenvalue weighted by Crippen LogP contribution is 2.36. The third kappa shape index (κ3) is 3.41. The molecule has 1 fully saturated rings. The minimum atomic E-state index is -1.53. The minimum absolute atomic E-state index is 0.0496. The summed E-state index contributed by atoms with van der Waals surface area (Å²) in [6.45, 7) is 2.82. The van der Waals surface area contributed by atoms with Crippen molar-refractivity contribution in [2.24, 2.45) is 4.99 Å². The van der Waals surface area contributed by atoms with Gasteiger partial charge in [0.2, 0.25) is 5.28 Å². The van der Waals surface area contributed by atoms with Crippen LogP contribution in [0, 0.1) is 0 Å². The predicted octanol–water partition coefficient (Wildman–Crippen LogP) is -0.648. The molecule has 0 spiro atoms. The standard InChI is InChI=1S/C12H16Cl2N4O5/c1-15-5-9(13)16-12(14)17-10(5)18(2)11-8(22)7(21)6(20)4(3-19)23-11/h4,6-8,11,19-22H,1,3H2,2H3/t4-,6-,7+,8-,11?/m1/s1. The Morgan fingerprint density at radius 2 is 1.87 bits per heavy atom. The number of aliphatic imine (C=N–C) groups is 1. The van der Waals surface area contributed by atoms with E-state index in [-0.39, 0.29) is 21.9 Å². The maximum absolute atomic E-state index is 10.1. The van der Waals surface area contributed by atoms with E-state index in [1.54, 1.807) is 0 Å². The lowest BCUT2D eigenvalue weighted by atomic mass is 9.98. The first-order valence-corrected chi connectivity index (χ1v) is 7.30. The SMILES string of the molecule is C=Nc1c(Cl)nc(Cl)nc1N(C)C1O[C@H](CO)[C@@H](O)[C@H](O)[C@H]1O. The highest BCUT2D eigenvalue weighted by molar-refractivity contribution is 6.34. The number of likely N-dealkylation sites (N-methyl/N-ethyl adjacent to an activating group) is 1. The van der Waals surface area contributed by atoms with Gasteiger partial charge >= 0.3 is 0 Å². The van der Waals surface area contributed by atoms with Crippen LogP contribution in [0.25, 0.3) is 0 Å². The highest BCUT2D eigenvalue weighted by atomic mass is 35.5. The zero-order chi connectivity index (χ0) is 17.3. The molecule has 5 atom stereocenters. The molecule has 23 heavy (non-hydrogen) atoms. The molecular weight excluding hydrogens is 351 g/mol. The van der Waals surface area contributed by atoms with Crippen molar-refractivity contribution in [1.29, 1.82) is 0 Å². The van der Waals surface area contributed by atoms with Crippen molar-refractivity contribution < 1.29 is 25.2 Å². The lowest BCUT2D eigenvalue weighted by molar-refractivity contribution is -0.228. The smallest absolute Gasteiger partial charge is 0.225 e. The Hall–Kier alpha value is -1.07. The summed E-state index contributed by atoms with van der Waals surface area (Å²) in [5.41, 5.74) is 0.107. The summed E-state index contributed by atoms with van der Waals surface area (Å²) in [5, 5.41) is 38.8. The third-order valence-corrected chi connectivity index (χ3v) is 3.97. The van der Waals surface area contributed by atoms with Gasteiger partial charge in [-0.3, -0.25) is 4.99 Å². The largest absolute Gasteiger partial charge is 0.394 e. The van der Waals surface area contributed by atoms with Crippen molar-refractivity contribution >= 4 is 41.4 Å². The van der Waals surface area contributed by atoms with Gasteiger partial charge in [0.1, 0.15) is 30.1 Å². The van der Waals surface area contributed by atoms with Gasteiger partial charge in [-0.1, -0.05) is 11.6 Å². The van der Waals surface area contributed by atoms with Crippen LogP contribution >= 0.6 is 23.2 Å². The van der Waals surface area contributed by atoms with E-state index in [1.807, 2.05) is 0 Å². The summed E-state index contributed by atoms with van der Waals surface area (Å²) in [7, 11) is 1.48. The second-order valence-electron chi connectivity index (χ2n) is 4.94. The molecular formula is C12H16Cl2N4O5. The van der Waals surface area contributed by atoms with Crippen LogP contribution in [0.15, 0.2) is 4.99 Å². The van der Waals surface area contributed by atoms with Gasteiger partial charge in [-0.25, -0.2) is 4.98 Å². The molecule has 2 heterocycles. The Labute approximate surface area is 141 Å². The molecule has 0 amide bonds. The molecule has 1 saturated heterocycles. The zero-order valence-corrected chi connectivity index (χ0v) is 13.6. The van der Waals surface area contributed by atoms with Crippen molar-refractivity contribution in [3.8, 4) is 0 Å². The average molecular weight is 367 g/mol. The monoisotopic (exact) mass is 366 g/mol. The molecule has 9 nitrogen and oxygen atoms in total. The molecule has 0 radical (unpaired) electrons.